The number of hydrogen-bond acceptors (Lipinski definition) is 2. The van der Waals surface area contributed by atoms with Gasteiger partial charge in [-0.3, -0.25) is 9.98 Å². The van der Waals surface area contributed by atoms with Gasteiger partial charge in [0.1, 0.15) is 0 Å². The molecule has 0 saturated carbocycles. The lowest BCUT2D eigenvalue weighted by Crippen LogP contribution is -2.01. The summed E-state index contributed by atoms with van der Waals surface area (Å²) in [5.74, 6) is 0. The number of aromatic nitrogens is 1. The molecule has 1 heterocycles. The van der Waals surface area contributed by atoms with E-state index in [9.17, 15) is 0 Å². The van der Waals surface area contributed by atoms with Crippen molar-refractivity contribution in [1.82, 2.24) is 4.98 Å². The molecule has 0 unspecified atom stereocenters. The molecular weight excluding hydrogens is 184 g/mol. The molecule has 2 heteroatoms. The lowest BCUT2D eigenvalue weighted by atomic mass is 10.1. The van der Waals surface area contributed by atoms with Gasteiger partial charge in [0.05, 0.1) is 11.7 Å². The van der Waals surface area contributed by atoms with Crippen LogP contribution in [0.2, 0.25) is 0 Å². The van der Waals surface area contributed by atoms with Crippen LogP contribution in [-0.2, 0) is 0 Å². The Kier molecular flexibility index (Phi) is 3.08. The summed E-state index contributed by atoms with van der Waals surface area (Å²) >= 11 is 0. The Morgan fingerprint density at radius 1 is 1.47 bits per heavy atom. The van der Waals surface area contributed by atoms with Crippen LogP contribution in [-0.4, -0.2) is 17.2 Å². The summed E-state index contributed by atoms with van der Waals surface area (Å²) in [5, 5.41) is 0. The van der Waals surface area contributed by atoms with E-state index in [4.69, 9.17) is 0 Å². The Morgan fingerprint density at radius 2 is 2.40 bits per heavy atom. The molecule has 0 N–H and O–H groups in total. The number of hydrogen-bond donors (Lipinski definition) is 0. The molecule has 1 aliphatic rings. The first-order valence-corrected chi connectivity index (χ1v) is 5.16. The second-order valence-electron chi connectivity index (χ2n) is 3.58. The first-order valence-electron chi connectivity index (χ1n) is 5.16. The van der Waals surface area contributed by atoms with Crippen molar-refractivity contribution in [3.05, 3.63) is 53.9 Å². The quantitative estimate of drug-likeness (QED) is 0.685. The van der Waals surface area contributed by atoms with Crippen molar-refractivity contribution in [2.24, 2.45) is 4.99 Å². The highest BCUT2D eigenvalue weighted by Crippen LogP contribution is 2.16. The predicted molar refractivity (Wildman–Crippen MR) is 63.1 cm³/mol. The molecule has 1 aromatic rings. The number of rotatable bonds is 3. The molecule has 0 saturated heterocycles. The summed E-state index contributed by atoms with van der Waals surface area (Å²) in [6, 6.07) is 6.08. The second kappa shape index (κ2) is 4.69. The van der Waals surface area contributed by atoms with Gasteiger partial charge in [0, 0.05) is 12.4 Å². The van der Waals surface area contributed by atoms with Gasteiger partial charge in [0.2, 0.25) is 0 Å². The summed E-state index contributed by atoms with van der Waals surface area (Å²) < 4.78 is 0. The van der Waals surface area contributed by atoms with Gasteiger partial charge in [0.25, 0.3) is 0 Å². The molecule has 2 rings (SSSR count). The van der Waals surface area contributed by atoms with Crippen molar-refractivity contribution < 1.29 is 0 Å². The highest BCUT2D eigenvalue weighted by Gasteiger charge is 2.06. The Balaban J connectivity index is 2.00. The van der Waals surface area contributed by atoms with E-state index in [-0.39, 0.29) is 6.04 Å². The van der Waals surface area contributed by atoms with Gasteiger partial charge in [-0.25, -0.2) is 0 Å². The highest BCUT2D eigenvalue weighted by molar-refractivity contribution is 5.77. The van der Waals surface area contributed by atoms with Crippen molar-refractivity contribution in [2.75, 3.05) is 0 Å². The van der Waals surface area contributed by atoms with Crippen LogP contribution in [0, 0.1) is 0 Å². The van der Waals surface area contributed by atoms with Gasteiger partial charge in [-0.15, -0.1) is 0 Å². The lowest BCUT2D eigenvalue weighted by Gasteiger charge is -2.06. The van der Waals surface area contributed by atoms with E-state index < -0.39 is 0 Å². The van der Waals surface area contributed by atoms with Crippen LogP contribution in [0.5, 0.6) is 0 Å². The average molecular weight is 198 g/mol. The number of aliphatic imine (C=N–C) groups is 1. The normalized spacial score (nSPS) is 17.0. The molecule has 76 valence electrons. The molecule has 0 aromatic carbocycles. The van der Waals surface area contributed by atoms with Crippen LogP contribution in [0.4, 0.5) is 0 Å². The predicted octanol–water partition coefficient (Wildman–Crippen LogP) is 2.78. The smallest absolute Gasteiger partial charge is 0.0808 e. The first kappa shape index (κ1) is 9.84. The summed E-state index contributed by atoms with van der Waals surface area (Å²) in [5.41, 5.74) is 2.28. The molecule has 0 spiro atoms. The largest absolute Gasteiger partial charge is 0.283 e. The van der Waals surface area contributed by atoms with Crippen molar-refractivity contribution >= 4 is 6.21 Å². The third kappa shape index (κ3) is 2.62. The van der Waals surface area contributed by atoms with E-state index >= 15 is 0 Å². The van der Waals surface area contributed by atoms with Crippen LogP contribution in [0.1, 0.15) is 19.0 Å². The fourth-order valence-corrected chi connectivity index (χ4v) is 1.51. The molecule has 0 radical (unpaired) electrons. The Morgan fingerprint density at radius 3 is 3.07 bits per heavy atom. The van der Waals surface area contributed by atoms with E-state index in [1.54, 1.807) is 6.20 Å². The van der Waals surface area contributed by atoms with E-state index in [1.165, 1.54) is 5.57 Å². The molecule has 1 atom stereocenters. The molecule has 15 heavy (non-hydrogen) atoms. The van der Waals surface area contributed by atoms with Crippen LogP contribution >= 0.6 is 0 Å². The minimum atomic E-state index is 0.252. The van der Waals surface area contributed by atoms with Crippen LogP contribution in [0.25, 0.3) is 0 Å². The van der Waals surface area contributed by atoms with Crippen LogP contribution < -0.4 is 0 Å². The molecular formula is C13H14N2. The summed E-state index contributed by atoms with van der Waals surface area (Å²) in [6.45, 7) is 2.11. The van der Waals surface area contributed by atoms with E-state index in [0.717, 1.165) is 12.1 Å². The van der Waals surface area contributed by atoms with E-state index in [0.29, 0.717) is 0 Å². The fraction of sp³-hybridized carbons (Fsp3) is 0.231. The van der Waals surface area contributed by atoms with E-state index in [1.807, 2.05) is 24.4 Å². The molecule has 1 aliphatic carbocycles. The minimum Gasteiger partial charge on any atom is -0.283 e. The highest BCUT2D eigenvalue weighted by atomic mass is 14.8. The summed E-state index contributed by atoms with van der Waals surface area (Å²) in [4.78, 5) is 8.67. The van der Waals surface area contributed by atoms with Crippen molar-refractivity contribution in [3.63, 3.8) is 0 Å². The molecule has 2 nitrogen and oxygen atoms in total. The monoisotopic (exact) mass is 198 g/mol. The van der Waals surface area contributed by atoms with Gasteiger partial charge >= 0.3 is 0 Å². The summed E-state index contributed by atoms with van der Waals surface area (Å²) in [7, 11) is 0. The standard InChI is InChI=1S/C13H14N2/c1-11(12-6-2-3-7-12)15-10-13-8-4-5-9-14-13/h2-6,8-11H,7H2,1H3/t11-/m1/s1. The van der Waals surface area contributed by atoms with Gasteiger partial charge in [0.15, 0.2) is 0 Å². The molecule has 0 fully saturated rings. The zero-order chi connectivity index (χ0) is 10.5. The Hall–Kier alpha value is -1.70. The molecule has 0 bridgehead atoms. The molecule has 0 aliphatic heterocycles. The van der Waals surface area contributed by atoms with Crippen molar-refractivity contribution in [2.45, 2.75) is 19.4 Å². The maximum absolute atomic E-state index is 4.48. The number of allylic oxidation sites excluding steroid dienone is 3. The van der Waals surface area contributed by atoms with Crippen molar-refractivity contribution in [3.8, 4) is 0 Å². The topological polar surface area (TPSA) is 25.2 Å². The third-order valence-corrected chi connectivity index (χ3v) is 2.45. The van der Waals surface area contributed by atoms with E-state index in [2.05, 4.69) is 35.1 Å². The maximum atomic E-state index is 4.48. The van der Waals surface area contributed by atoms with Gasteiger partial charge in [-0.2, -0.15) is 0 Å². The van der Waals surface area contributed by atoms with Crippen molar-refractivity contribution in [1.29, 1.82) is 0 Å². The Bertz CT molecular complexity index is 402. The van der Waals surface area contributed by atoms with Crippen LogP contribution in [0.15, 0.2) is 53.2 Å². The zero-order valence-electron chi connectivity index (χ0n) is 8.80. The van der Waals surface area contributed by atoms with Gasteiger partial charge < -0.3 is 0 Å². The van der Waals surface area contributed by atoms with Gasteiger partial charge in [-0.05, 0) is 31.1 Å². The fourth-order valence-electron chi connectivity index (χ4n) is 1.51. The zero-order valence-corrected chi connectivity index (χ0v) is 8.80. The van der Waals surface area contributed by atoms with Gasteiger partial charge in [-0.1, -0.05) is 24.3 Å². The average Bonchev–Trinajstić information content (AvgIpc) is 2.81. The minimum absolute atomic E-state index is 0.252. The summed E-state index contributed by atoms with van der Waals surface area (Å²) in [6.07, 6.45) is 11.0. The molecule has 1 aromatic heterocycles. The second-order valence-corrected chi connectivity index (χ2v) is 3.58. The third-order valence-electron chi connectivity index (χ3n) is 2.45. The number of nitrogens with zero attached hydrogens (tertiary/aromatic N) is 2. The number of pyridine rings is 1. The SMILES string of the molecule is C[C@@H](N=Cc1ccccn1)C1=CC=CC1. The van der Waals surface area contributed by atoms with Crippen LogP contribution in [0.3, 0.4) is 0 Å². The molecule has 0 amide bonds. The first-order chi connectivity index (χ1) is 7.36. The lowest BCUT2D eigenvalue weighted by molar-refractivity contribution is 0.847. The maximum Gasteiger partial charge on any atom is 0.0808 e. The Labute approximate surface area is 90.1 Å².